The molecule has 1 aromatic heterocycles. The van der Waals surface area contributed by atoms with Crippen LogP contribution < -0.4 is 10.6 Å². The fraction of sp³-hybridized carbons (Fsp3) is 0.545. The number of nitrogen functional groups attached to an aromatic ring is 1. The number of pyridine rings is 1. The molecule has 2 rings (SSSR count). The van der Waals surface area contributed by atoms with Gasteiger partial charge >= 0.3 is 0 Å². The van der Waals surface area contributed by atoms with E-state index in [1.807, 2.05) is 6.07 Å². The lowest BCUT2D eigenvalue weighted by Crippen LogP contribution is -2.22. The third-order valence-electron chi connectivity index (χ3n) is 2.66. The van der Waals surface area contributed by atoms with Crippen LogP contribution in [-0.2, 0) is 0 Å². The molecule has 0 spiro atoms. The lowest BCUT2D eigenvalue weighted by Gasteiger charge is -2.19. The Hall–Kier alpha value is -1.25. The molecule has 0 saturated heterocycles. The van der Waals surface area contributed by atoms with Gasteiger partial charge in [-0.3, -0.25) is 0 Å². The van der Waals surface area contributed by atoms with Crippen molar-refractivity contribution in [3.05, 3.63) is 17.8 Å². The van der Waals surface area contributed by atoms with E-state index in [9.17, 15) is 0 Å². The van der Waals surface area contributed by atoms with Gasteiger partial charge < -0.3 is 10.6 Å². The zero-order chi connectivity index (χ0) is 10.1. The highest BCUT2D eigenvalue weighted by atomic mass is 15.2. The van der Waals surface area contributed by atoms with Gasteiger partial charge in [-0.15, -0.1) is 0 Å². The third-order valence-corrected chi connectivity index (χ3v) is 2.66. The summed E-state index contributed by atoms with van der Waals surface area (Å²) in [4.78, 5) is 6.59. The molecule has 0 bridgehead atoms. The molecule has 1 saturated carbocycles. The number of nitrogens with zero attached hydrogens (tertiary/aromatic N) is 2. The highest BCUT2D eigenvalue weighted by Gasteiger charge is 2.23. The minimum absolute atomic E-state index is 0.742. The maximum atomic E-state index is 5.66. The molecule has 1 aliphatic rings. The first kappa shape index (κ1) is 9.31. The lowest BCUT2D eigenvalue weighted by molar-refractivity contribution is 0.775. The predicted octanol–water partition coefficient (Wildman–Crippen LogP) is 1.82. The minimum atomic E-state index is 0.742. The van der Waals surface area contributed by atoms with E-state index >= 15 is 0 Å². The molecule has 3 heteroatoms. The van der Waals surface area contributed by atoms with Crippen LogP contribution in [0.4, 0.5) is 11.5 Å². The summed E-state index contributed by atoms with van der Waals surface area (Å²) in [6, 6.07) is 1.98. The molecule has 2 N–H and O–H groups in total. The Labute approximate surface area is 84.9 Å². The molecule has 1 aromatic rings. The second-order valence-corrected chi connectivity index (χ2v) is 4.23. The van der Waals surface area contributed by atoms with Gasteiger partial charge in [-0.2, -0.15) is 0 Å². The first-order valence-electron chi connectivity index (χ1n) is 5.10. The summed E-state index contributed by atoms with van der Waals surface area (Å²) in [6.45, 7) is 3.18. The van der Waals surface area contributed by atoms with Crippen molar-refractivity contribution in [1.29, 1.82) is 0 Å². The van der Waals surface area contributed by atoms with Gasteiger partial charge in [0.1, 0.15) is 5.82 Å². The molecule has 0 amide bonds. The maximum Gasteiger partial charge on any atom is 0.131 e. The number of aromatic nitrogens is 1. The predicted molar refractivity (Wildman–Crippen MR) is 59.4 cm³/mol. The highest BCUT2D eigenvalue weighted by Crippen LogP contribution is 2.31. The van der Waals surface area contributed by atoms with Gasteiger partial charge in [0, 0.05) is 13.6 Å². The summed E-state index contributed by atoms with van der Waals surface area (Å²) in [5.41, 5.74) is 7.56. The Morgan fingerprint density at radius 2 is 2.29 bits per heavy atom. The summed E-state index contributed by atoms with van der Waals surface area (Å²) in [7, 11) is 2.10. The summed E-state index contributed by atoms with van der Waals surface area (Å²) < 4.78 is 0. The van der Waals surface area contributed by atoms with Gasteiger partial charge in [-0.1, -0.05) is 0 Å². The van der Waals surface area contributed by atoms with Crippen molar-refractivity contribution in [3.8, 4) is 0 Å². The number of hydrogen-bond acceptors (Lipinski definition) is 3. The zero-order valence-corrected chi connectivity index (χ0v) is 8.83. The highest BCUT2D eigenvalue weighted by molar-refractivity contribution is 5.52. The van der Waals surface area contributed by atoms with Crippen LogP contribution >= 0.6 is 0 Å². The molecule has 3 nitrogen and oxygen atoms in total. The topological polar surface area (TPSA) is 42.1 Å². The second-order valence-electron chi connectivity index (χ2n) is 4.23. The molecular weight excluding hydrogens is 174 g/mol. The summed E-state index contributed by atoms with van der Waals surface area (Å²) in [6.07, 6.45) is 4.47. The summed E-state index contributed by atoms with van der Waals surface area (Å²) >= 11 is 0. The number of rotatable bonds is 3. The largest absolute Gasteiger partial charge is 0.397 e. The first-order valence-corrected chi connectivity index (χ1v) is 5.10. The lowest BCUT2D eigenvalue weighted by atomic mass is 10.2. The van der Waals surface area contributed by atoms with Crippen LogP contribution in [0.3, 0.4) is 0 Å². The average Bonchev–Trinajstić information content (AvgIpc) is 2.87. The van der Waals surface area contributed by atoms with Crippen LogP contribution in [0.25, 0.3) is 0 Å². The SMILES string of the molecule is Cc1cc(N)cnc1N(C)CC1CC1. The quantitative estimate of drug-likeness (QED) is 0.792. The van der Waals surface area contributed by atoms with Crippen LogP contribution in [-0.4, -0.2) is 18.6 Å². The molecule has 0 aromatic carbocycles. The van der Waals surface area contributed by atoms with Crippen molar-refractivity contribution in [2.75, 3.05) is 24.2 Å². The average molecular weight is 191 g/mol. The van der Waals surface area contributed by atoms with Crippen LogP contribution in [0.15, 0.2) is 12.3 Å². The summed E-state index contributed by atoms with van der Waals surface area (Å²) in [5, 5.41) is 0. The van der Waals surface area contributed by atoms with Crippen molar-refractivity contribution in [1.82, 2.24) is 4.98 Å². The van der Waals surface area contributed by atoms with Gasteiger partial charge in [-0.05, 0) is 37.3 Å². The molecule has 14 heavy (non-hydrogen) atoms. The Morgan fingerprint density at radius 1 is 1.57 bits per heavy atom. The van der Waals surface area contributed by atoms with Crippen molar-refractivity contribution in [2.45, 2.75) is 19.8 Å². The van der Waals surface area contributed by atoms with Crippen molar-refractivity contribution >= 4 is 11.5 Å². The molecule has 0 aliphatic heterocycles. The Bertz CT molecular complexity index is 331. The third kappa shape index (κ3) is 1.97. The molecule has 0 radical (unpaired) electrons. The van der Waals surface area contributed by atoms with Crippen molar-refractivity contribution < 1.29 is 0 Å². The van der Waals surface area contributed by atoms with Crippen LogP contribution in [0, 0.1) is 12.8 Å². The van der Waals surface area contributed by atoms with E-state index in [-0.39, 0.29) is 0 Å². The summed E-state index contributed by atoms with van der Waals surface area (Å²) in [5.74, 6) is 1.95. The van der Waals surface area contributed by atoms with E-state index in [4.69, 9.17) is 5.73 Å². The van der Waals surface area contributed by atoms with E-state index in [1.54, 1.807) is 6.20 Å². The molecule has 1 heterocycles. The smallest absolute Gasteiger partial charge is 0.131 e. The van der Waals surface area contributed by atoms with Gasteiger partial charge in [-0.25, -0.2) is 4.98 Å². The van der Waals surface area contributed by atoms with E-state index in [0.717, 1.165) is 29.5 Å². The normalized spacial score (nSPS) is 15.6. The number of hydrogen-bond donors (Lipinski definition) is 1. The van der Waals surface area contributed by atoms with Gasteiger partial charge in [0.25, 0.3) is 0 Å². The second kappa shape index (κ2) is 3.48. The Morgan fingerprint density at radius 3 is 2.86 bits per heavy atom. The van der Waals surface area contributed by atoms with Crippen molar-refractivity contribution in [2.24, 2.45) is 5.92 Å². The standard InChI is InChI=1S/C11H17N3/c1-8-5-10(12)6-13-11(8)14(2)7-9-3-4-9/h5-6,9H,3-4,7,12H2,1-2H3. The number of nitrogens with two attached hydrogens (primary N) is 1. The first-order chi connectivity index (χ1) is 6.66. The molecule has 76 valence electrons. The molecule has 0 unspecified atom stereocenters. The van der Waals surface area contributed by atoms with E-state index in [0.29, 0.717) is 0 Å². The minimum Gasteiger partial charge on any atom is -0.397 e. The van der Waals surface area contributed by atoms with Crippen LogP contribution in [0.2, 0.25) is 0 Å². The number of aryl methyl sites for hydroxylation is 1. The Kier molecular flexibility index (Phi) is 2.32. The zero-order valence-electron chi connectivity index (χ0n) is 8.83. The molecule has 1 fully saturated rings. The van der Waals surface area contributed by atoms with Gasteiger partial charge in [0.2, 0.25) is 0 Å². The molecular formula is C11H17N3. The fourth-order valence-electron chi connectivity index (χ4n) is 1.76. The number of anilines is 2. The van der Waals surface area contributed by atoms with E-state index < -0.39 is 0 Å². The van der Waals surface area contributed by atoms with E-state index in [1.165, 1.54) is 12.8 Å². The van der Waals surface area contributed by atoms with Crippen LogP contribution in [0.5, 0.6) is 0 Å². The fourth-order valence-corrected chi connectivity index (χ4v) is 1.76. The van der Waals surface area contributed by atoms with Crippen molar-refractivity contribution in [3.63, 3.8) is 0 Å². The maximum absolute atomic E-state index is 5.66. The van der Waals surface area contributed by atoms with Gasteiger partial charge in [0.15, 0.2) is 0 Å². The monoisotopic (exact) mass is 191 g/mol. The molecule has 0 atom stereocenters. The van der Waals surface area contributed by atoms with Gasteiger partial charge in [0.05, 0.1) is 11.9 Å². The molecule has 1 aliphatic carbocycles. The Balaban J connectivity index is 2.13. The van der Waals surface area contributed by atoms with Crippen LogP contribution in [0.1, 0.15) is 18.4 Å². The van der Waals surface area contributed by atoms with E-state index in [2.05, 4.69) is 23.9 Å².